The molecule has 1 aromatic heterocycles. The lowest BCUT2D eigenvalue weighted by Crippen LogP contribution is -2.37. The number of likely N-dealkylation sites (tertiary alicyclic amines) is 1. The normalized spacial score (nSPS) is 23.6. The fraction of sp³-hybridized carbons (Fsp3) is 0.421. The highest BCUT2D eigenvalue weighted by Gasteiger charge is 2.43. The predicted octanol–water partition coefficient (Wildman–Crippen LogP) is 2.85. The fourth-order valence-corrected chi connectivity index (χ4v) is 4.08. The van der Waals surface area contributed by atoms with E-state index in [2.05, 4.69) is 59.1 Å². The molecule has 1 aromatic carbocycles. The topological polar surface area (TPSA) is 19.4 Å². The number of hydrogen-bond donors (Lipinski definition) is 0. The number of aromatic nitrogens is 1. The van der Waals surface area contributed by atoms with Gasteiger partial charge < -0.3 is 9.80 Å². The van der Waals surface area contributed by atoms with Crippen LogP contribution in [0.4, 0.5) is 5.69 Å². The lowest BCUT2D eigenvalue weighted by molar-refractivity contribution is 0.403. The molecule has 0 bridgehead atoms. The van der Waals surface area contributed by atoms with Crippen molar-refractivity contribution in [3.05, 3.63) is 59.4 Å². The van der Waals surface area contributed by atoms with Crippen LogP contribution in [-0.2, 0) is 6.42 Å². The van der Waals surface area contributed by atoms with Gasteiger partial charge >= 0.3 is 0 Å². The Morgan fingerprint density at radius 2 is 2.09 bits per heavy atom. The summed E-state index contributed by atoms with van der Waals surface area (Å²) in [6, 6.07) is 13.8. The van der Waals surface area contributed by atoms with Crippen molar-refractivity contribution in [2.24, 2.45) is 0 Å². The summed E-state index contributed by atoms with van der Waals surface area (Å²) in [5.41, 5.74) is 5.56. The third-order valence-electron chi connectivity index (χ3n) is 5.10. The summed E-state index contributed by atoms with van der Waals surface area (Å²) in [6.07, 6.45) is 2.91. The summed E-state index contributed by atoms with van der Waals surface area (Å²) in [5.74, 6) is 0.670. The molecular weight excluding hydrogens is 270 g/mol. The van der Waals surface area contributed by atoms with Crippen molar-refractivity contribution in [1.82, 2.24) is 9.88 Å². The van der Waals surface area contributed by atoms with E-state index in [1.807, 2.05) is 12.3 Å². The first kappa shape index (κ1) is 13.8. The lowest BCUT2D eigenvalue weighted by atomic mass is 9.97. The first-order valence-corrected chi connectivity index (χ1v) is 8.18. The molecular formula is C19H23N3. The van der Waals surface area contributed by atoms with Gasteiger partial charge in [-0.15, -0.1) is 0 Å². The van der Waals surface area contributed by atoms with Gasteiger partial charge in [-0.3, -0.25) is 4.98 Å². The van der Waals surface area contributed by atoms with Gasteiger partial charge in [0, 0.05) is 55.6 Å². The minimum Gasteiger partial charge on any atom is -0.366 e. The summed E-state index contributed by atoms with van der Waals surface area (Å²) < 4.78 is 0. The van der Waals surface area contributed by atoms with Crippen LogP contribution >= 0.6 is 0 Å². The van der Waals surface area contributed by atoms with Gasteiger partial charge in [-0.05, 0) is 37.7 Å². The SMILES string of the molecule is Cc1ccc2c(c1)[C@H]1CN(C)C[C@H]1N2CCc1ccccn1. The van der Waals surface area contributed by atoms with E-state index in [0.29, 0.717) is 12.0 Å². The van der Waals surface area contributed by atoms with Gasteiger partial charge in [0.25, 0.3) is 0 Å². The van der Waals surface area contributed by atoms with Crippen LogP contribution in [-0.4, -0.2) is 42.6 Å². The van der Waals surface area contributed by atoms with E-state index in [0.717, 1.165) is 13.0 Å². The van der Waals surface area contributed by atoms with Crippen molar-refractivity contribution >= 4 is 5.69 Å². The van der Waals surface area contributed by atoms with Gasteiger partial charge in [-0.25, -0.2) is 0 Å². The Morgan fingerprint density at radius 3 is 2.91 bits per heavy atom. The van der Waals surface area contributed by atoms with E-state index >= 15 is 0 Å². The van der Waals surface area contributed by atoms with Gasteiger partial charge in [0.05, 0.1) is 0 Å². The van der Waals surface area contributed by atoms with Crippen molar-refractivity contribution in [3.63, 3.8) is 0 Å². The highest BCUT2D eigenvalue weighted by atomic mass is 15.3. The van der Waals surface area contributed by atoms with Crippen LogP contribution in [0.2, 0.25) is 0 Å². The number of hydrogen-bond acceptors (Lipinski definition) is 3. The average Bonchev–Trinajstić information content (AvgIpc) is 3.02. The zero-order chi connectivity index (χ0) is 15.1. The van der Waals surface area contributed by atoms with Crippen molar-refractivity contribution < 1.29 is 0 Å². The van der Waals surface area contributed by atoms with E-state index in [1.165, 1.54) is 30.0 Å². The van der Waals surface area contributed by atoms with Crippen LogP contribution in [0.3, 0.4) is 0 Å². The standard InChI is InChI=1S/C19H23N3/c1-14-6-7-18-16(11-14)17-12-21(2)13-19(17)22(18)10-8-15-5-3-4-9-20-15/h3-7,9,11,17,19H,8,10,12-13H2,1-2H3/t17-,19-/m1/s1. The molecule has 3 nitrogen and oxygen atoms in total. The first-order valence-electron chi connectivity index (χ1n) is 8.18. The summed E-state index contributed by atoms with van der Waals surface area (Å²) in [5, 5.41) is 0. The van der Waals surface area contributed by atoms with E-state index in [1.54, 1.807) is 5.56 Å². The highest BCUT2D eigenvalue weighted by molar-refractivity contribution is 5.64. The number of pyridine rings is 1. The minimum absolute atomic E-state index is 0.630. The maximum absolute atomic E-state index is 4.47. The van der Waals surface area contributed by atoms with Gasteiger partial charge in [0.1, 0.15) is 0 Å². The number of rotatable bonds is 3. The monoisotopic (exact) mass is 293 g/mol. The molecule has 1 saturated heterocycles. The number of benzene rings is 1. The number of nitrogens with zero attached hydrogens (tertiary/aromatic N) is 3. The molecule has 0 aliphatic carbocycles. The van der Waals surface area contributed by atoms with Crippen LogP contribution in [0.15, 0.2) is 42.6 Å². The molecule has 0 N–H and O–H groups in total. The second-order valence-corrected chi connectivity index (χ2v) is 6.72. The molecule has 4 rings (SSSR count). The maximum atomic E-state index is 4.47. The molecule has 3 heteroatoms. The number of likely N-dealkylation sites (N-methyl/N-ethyl adjacent to an activating group) is 1. The van der Waals surface area contributed by atoms with Crippen molar-refractivity contribution in [3.8, 4) is 0 Å². The molecule has 0 amide bonds. The zero-order valence-electron chi connectivity index (χ0n) is 13.4. The number of aryl methyl sites for hydroxylation is 1. The fourth-order valence-electron chi connectivity index (χ4n) is 4.08. The largest absolute Gasteiger partial charge is 0.366 e. The van der Waals surface area contributed by atoms with Crippen molar-refractivity contribution in [2.45, 2.75) is 25.3 Å². The molecule has 0 radical (unpaired) electrons. The molecule has 22 heavy (non-hydrogen) atoms. The zero-order valence-corrected chi connectivity index (χ0v) is 13.4. The summed E-state index contributed by atoms with van der Waals surface area (Å²) in [4.78, 5) is 9.56. The third kappa shape index (κ3) is 2.30. The van der Waals surface area contributed by atoms with Crippen LogP contribution in [0.1, 0.15) is 22.7 Å². The quantitative estimate of drug-likeness (QED) is 0.867. The van der Waals surface area contributed by atoms with Gasteiger partial charge in [-0.2, -0.15) is 0 Å². The van der Waals surface area contributed by atoms with Gasteiger partial charge in [0.2, 0.25) is 0 Å². The number of anilines is 1. The highest BCUT2D eigenvalue weighted by Crippen LogP contribution is 2.44. The minimum atomic E-state index is 0.630. The van der Waals surface area contributed by atoms with Crippen LogP contribution in [0, 0.1) is 6.92 Å². The molecule has 1 fully saturated rings. The number of fused-ring (bicyclic) bond motifs is 3. The second kappa shape index (κ2) is 5.40. The molecule has 3 heterocycles. The molecule has 2 aliphatic rings. The molecule has 0 spiro atoms. The molecule has 2 aromatic rings. The van der Waals surface area contributed by atoms with Crippen LogP contribution < -0.4 is 4.90 Å². The Balaban J connectivity index is 1.61. The molecule has 114 valence electrons. The Morgan fingerprint density at radius 1 is 1.18 bits per heavy atom. The smallest absolute Gasteiger partial charge is 0.0498 e. The molecule has 0 unspecified atom stereocenters. The Hall–Kier alpha value is -1.87. The lowest BCUT2D eigenvalue weighted by Gasteiger charge is -2.27. The van der Waals surface area contributed by atoms with Gasteiger partial charge in [0.15, 0.2) is 0 Å². The summed E-state index contributed by atoms with van der Waals surface area (Å²) >= 11 is 0. The van der Waals surface area contributed by atoms with Crippen molar-refractivity contribution in [2.75, 3.05) is 31.6 Å². The van der Waals surface area contributed by atoms with E-state index in [-0.39, 0.29) is 0 Å². The Bertz CT molecular complexity index is 668. The third-order valence-corrected chi connectivity index (χ3v) is 5.10. The summed E-state index contributed by atoms with van der Waals surface area (Å²) in [7, 11) is 2.24. The molecule has 2 aliphatic heterocycles. The van der Waals surface area contributed by atoms with E-state index in [4.69, 9.17) is 0 Å². The molecule has 2 atom stereocenters. The van der Waals surface area contributed by atoms with Crippen LogP contribution in [0.25, 0.3) is 0 Å². The van der Waals surface area contributed by atoms with Crippen LogP contribution in [0.5, 0.6) is 0 Å². The van der Waals surface area contributed by atoms with Gasteiger partial charge in [-0.1, -0.05) is 23.8 Å². The molecule has 0 saturated carbocycles. The Kier molecular flexibility index (Phi) is 3.38. The second-order valence-electron chi connectivity index (χ2n) is 6.72. The summed E-state index contributed by atoms with van der Waals surface area (Å²) in [6.45, 7) is 5.61. The Labute approximate surface area is 132 Å². The predicted molar refractivity (Wildman–Crippen MR) is 90.5 cm³/mol. The maximum Gasteiger partial charge on any atom is 0.0498 e. The van der Waals surface area contributed by atoms with E-state index < -0.39 is 0 Å². The van der Waals surface area contributed by atoms with Crippen molar-refractivity contribution in [1.29, 1.82) is 0 Å². The first-order chi connectivity index (χ1) is 10.7. The van der Waals surface area contributed by atoms with E-state index in [9.17, 15) is 0 Å². The average molecular weight is 293 g/mol.